The molecular formula is C25H20ClF3N8O2. The fourth-order valence-electron chi connectivity index (χ4n) is 4.04. The van der Waals surface area contributed by atoms with Gasteiger partial charge in [-0.25, -0.2) is 14.7 Å². The highest BCUT2D eigenvalue weighted by molar-refractivity contribution is 6.32. The van der Waals surface area contributed by atoms with Crippen molar-refractivity contribution in [2.45, 2.75) is 12.6 Å². The third-order valence-corrected chi connectivity index (χ3v) is 6.08. The van der Waals surface area contributed by atoms with Crippen molar-refractivity contribution in [3.63, 3.8) is 0 Å². The molecule has 4 aromatic rings. The number of nitrogens with zero attached hydrogens (tertiary/aromatic N) is 6. The van der Waals surface area contributed by atoms with Gasteiger partial charge < -0.3 is 10.6 Å². The lowest BCUT2D eigenvalue weighted by atomic mass is 10.2. The fourth-order valence-corrected chi connectivity index (χ4v) is 4.25. The lowest BCUT2D eigenvalue weighted by Gasteiger charge is -2.28. The molecule has 0 bridgehead atoms. The van der Waals surface area contributed by atoms with E-state index in [4.69, 9.17) is 11.6 Å². The topological polar surface area (TPSA) is 108 Å². The van der Waals surface area contributed by atoms with E-state index in [1.165, 1.54) is 38.7 Å². The Morgan fingerprint density at radius 3 is 2.51 bits per heavy atom. The number of rotatable bonds is 5. The first-order valence-corrected chi connectivity index (χ1v) is 11.9. The minimum atomic E-state index is -5.08. The van der Waals surface area contributed by atoms with Crippen LogP contribution >= 0.6 is 11.6 Å². The van der Waals surface area contributed by atoms with Gasteiger partial charge in [-0.1, -0.05) is 35.9 Å². The summed E-state index contributed by atoms with van der Waals surface area (Å²) in [5.41, 5.74) is 1.72. The van der Waals surface area contributed by atoms with Crippen LogP contribution < -0.4 is 20.4 Å². The van der Waals surface area contributed by atoms with Crippen LogP contribution in [-0.2, 0) is 18.3 Å². The van der Waals surface area contributed by atoms with Gasteiger partial charge in [-0.05, 0) is 36.8 Å². The Morgan fingerprint density at radius 2 is 1.82 bits per heavy atom. The zero-order chi connectivity index (χ0) is 27.7. The van der Waals surface area contributed by atoms with Crippen LogP contribution in [0.25, 0.3) is 0 Å². The van der Waals surface area contributed by atoms with Gasteiger partial charge in [-0.15, -0.1) is 0 Å². The van der Waals surface area contributed by atoms with Crippen LogP contribution in [0, 0.1) is 0 Å². The Morgan fingerprint density at radius 1 is 1.08 bits per heavy atom. The molecule has 0 unspecified atom stereocenters. The SMILES string of the molecule is Cn1cc(Nc2ncc3c(n2)N(c2cccc(NC(=O)C(F)(F)F)c2)C(=O)N(c2ccccc2)CC3)c(Cl)n1. The number of para-hydroxylation sites is 1. The van der Waals surface area contributed by atoms with E-state index < -0.39 is 18.1 Å². The van der Waals surface area contributed by atoms with E-state index in [0.717, 1.165) is 0 Å². The number of carbonyl (C=O) groups is 2. The number of hydrogen-bond acceptors (Lipinski definition) is 6. The summed E-state index contributed by atoms with van der Waals surface area (Å²) in [6.07, 6.45) is -1.49. The van der Waals surface area contributed by atoms with Crippen LogP contribution in [-0.4, -0.2) is 44.4 Å². The molecule has 0 saturated carbocycles. The van der Waals surface area contributed by atoms with Gasteiger partial charge in [0.2, 0.25) is 5.95 Å². The molecule has 0 saturated heterocycles. The van der Waals surface area contributed by atoms with Gasteiger partial charge in [0.05, 0.1) is 11.4 Å². The Hall–Kier alpha value is -4.65. The van der Waals surface area contributed by atoms with Gasteiger partial charge in [0.15, 0.2) is 5.15 Å². The Balaban J connectivity index is 1.59. The first-order valence-electron chi connectivity index (χ1n) is 11.6. The first kappa shape index (κ1) is 26.0. The summed E-state index contributed by atoms with van der Waals surface area (Å²) in [6, 6.07) is 14.0. The third kappa shape index (κ3) is 5.48. The van der Waals surface area contributed by atoms with Crippen molar-refractivity contribution < 1.29 is 22.8 Å². The molecule has 14 heteroatoms. The second-order valence-electron chi connectivity index (χ2n) is 8.53. The molecule has 0 spiro atoms. The summed E-state index contributed by atoms with van der Waals surface area (Å²) >= 11 is 6.15. The number of fused-ring (bicyclic) bond motifs is 1. The summed E-state index contributed by atoms with van der Waals surface area (Å²) in [6.45, 7) is 0.293. The standard InChI is InChI=1S/C25H20ClF3N8O2/c1-35-14-19(20(26)34-35)32-23-30-13-15-10-11-36(17-7-3-2-4-8-17)24(39)37(21(15)33-23)18-9-5-6-16(12-18)31-22(38)25(27,28)29/h2-9,12-14H,10-11H2,1H3,(H,31,38)(H,30,32,33). The van der Waals surface area contributed by atoms with Crippen LogP contribution in [0.2, 0.25) is 5.15 Å². The van der Waals surface area contributed by atoms with Crippen molar-refractivity contribution in [3.8, 4) is 0 Å². The number of benzene rings is 2. The zero-order valence-electron chi connectivity index (χ0n) is 20.3. The van der Waals surface area contributed by atoms with Gasteiger partial charge in [-0.2, -0.15) is 23.3 Å². The van der Waals surface area contributed by atoms with E-state index in [1.807, 2.05) is 11.4 Å². The maximum atomic E-state index is 14.0. The van der Waals surface area contributed by atoms with Crippen LogP contribution in [0.3, 0.4) is 0 Å². The average Bonchev–Trinajstić information content (AvgIpc) is 3.13. The maximum Gasteiger partial charge on any atom is 0.471 e. The number of urea groups is 1. The second-order valence-corrected chi connectivity index (χ2v) is 8.89. The smallest absolute Gasteiger partial charge is 0.320 e. The molecule has 39 heavy (non-hydrogen) atoms. The molecule has 2 aromatic heterocycles. The van der Waals surface area contributed by atoms with Gasteiger partial charge in [0.1, 0.15) is 5.82 Å². The predicted octanol–water partition coefficient (Wildman–Crippen LogP) is 5.43. The number of alkyl halides is 3. The van der Waals surface area contributed by atoms with Gasteiger partial charge in [0.25, 0.3) is 0 Å². The van der Waals surface area contributed by atoms with Gasteiger partial charge in [-0.3, -0.25) is 14.4 Å². The number of aromatic nitrogens is 4. The highest BCUT2D eigenvalue weighted by Crippen LogP contribution is 2.35. The average molecular weight is 557 g/mol. The third-order valence-electron chi connectivity index (χ3n) is 5.80. The minimum absolute atomic E-state index is 0.121. The summed E-state index contributed by atoms with van der Waals surface area (Å²) in [5.74, 6) is -1.79. The fraction of sp³-hybridized carbons (Fsp3) is 0.160. The minimum Gasteiger partial charge on any atom is -0.320 e. The predicted molar refractivity (Wildman–Crippen MR) is 140 cm³/mol. The van der Waals surface area contributed by atoms with Crippen LogP contribution in [0.1, 0.15) is 5.56 Å². The molecule has 5 rings (SSSR count). The first-order chi connectivity index (χ1) is 18.6. The van der Waals surface area contributed by atoms with E-state index in [1.54, 1.807) is 43.7 Å². The molecule has 0 aliphatic carbocycles. The Bertz CT molecular complexity index is 1540. The second kappa shape index (κ2) is 10.3. The van der Waals surface area contributed by atoms with E-state index in [0.29, 0.717) is 29.9 Å². The van der Waals surface area contributed by atoms with E-state index in [9.17, 15) is 22.8 Å². The number of nitrogens with one attached hydrogen (secondary N) is 2. The molecule has 1 aliphatic heterocycles. The number of aryl methyl sites for hydroxylation is 1. The highest BCUT2D eigenvalue weighted by Gasteiger charge is 2.39. The molecule has 2 aromatic carbocycles. The summed E-state index contributed by atoms with van der Waals surface area (Å²) in [7, 11) is 1.69. The molecule has 3 heterocycles. The summed E-state index contributed by atoms with van der Waals surface area (Å²) in [5, 5.41) is 9.05. The monoisotopic (exact) mass is 556 g/mol. The summed E-state index contributed by atoms with van der Waals surface area (Å²) < 4.78 is 40.1. The van der Waals surface area contributed by atoms with Crippen molar-refractivity contribution in [3.05, 3.63) is 77.7 Å². The van der Waals surface area contributed by atoms with Crippen LogP contribution in [0.5, 0.6) is 0 Å². The molecule has 0 fully saturated rings. The molecule has 1 aliphatic rings. The molecule has 10 nitrogen and oxygen atoms in total. The number of carbonyl (C=O) groups excluding carboxylic acids is 2. The van der Waals surface area contributed by atoms with Crippen molar-refractivity contribution in [2.24, 2.45) is 7.05 Å². The van der Waals surface area contributed by atoms with Crippen LogP contribution in [0.4, 0.5) is 52.5 Å². The number of hydrogen-bond donors (Lipinski definition) is 2. The van der Waals surface area contributed by atoms with Crippen molar-refractivity contribution in [1.29, 1.82) is 0 Å². The van der Waals surface area contributed by atoms with E-state index in [2.05, 4.69) is 20.4 Å². The van der Waals surface area contributed by atoms with Crippen molar-refractivity contribution in [1.82, 2.24) is 19.7 Å². The molecule has 3 amide bonds. The van der Waals surface area contributed by atoms with E-state index in [-0.39, 0.29) is 28.3 Å². The van der Waals surface area contributed by atoms with Crippen molar-refractivity contribution >= 4 is 58.1 Å². The Kier molecular flexibility index (Phi) is 6.83. The normalized spacial score (nSPS) is 13.6. The van der Waals surface area contributed by atoms with E-state index >= 15 is 0 Å². The zero-order valence-corrected chi connectivity index (χ0v) is 21.0. The van der Waals surface area contributed by atoms with Gasteiger partial charge >= 0.3 is 18.1 Å². The largest absolute Gasteiger partial charge is 0.471 e. The van der Waals surface area contributed by atoms with Crippen LogP contribution in [0.15, 0.2) is 67.0 Å². The highest BCUT2D eigenvalue weighted by atomic mass is 35.5. The number of amides is 3. The maximum absolute atomic E-state index is 14.0. The summed E-state index contributed by atoms with van der Waals surface area (Å²) in [4.78, 5) is 37.3. The van der Waals surface area contributed by atoms with Crippen molar-refractivity contribution in [2.75, 3.05) is 27.0 Å². The molecule has 2 N–H and O–H groups in total. The Labute approximate surface area is 225 Å². The van der Waals surface area contributed by atoms with Gasteiger partial charge in [0, 0.05) is 42.9 Å². The number of halogens is 4. The molecular weight excluding hydrogens is 537 g/mol. The lowest BCUT2D eigenvalue weighted by molar-refractivity contribution is -0.167. The molecule has 200 valence electrons. The molecule has 0 atom stereocenters. The lowest BCUT2D eigenvalue weighted by Crippen LogP contribution is -2.40. The number of anilines is 6. The molecule has 0 radical (unpaired) electrons. The quantitative estimate of drug-likeness (QED) is 0.339.